The van der Waals surface area contributed by atoms with Crippen LogP contribution in [0.5, 0.6) is 0 Å². The Morgan fingerprint density at radius 2 is 2.08 bits per heavy atom. The highest BCUT2D eigenvalue weighted by molar-refractivity contribution is 7.10. The molecule has 138 valence electrons. The number of rotatable bonds is 5. The fraction of sp³-hybridized carbons (Fsp3) is 0.667. The Morgan fingerprint density at radius 1 is 1.32 bits per heavy atom. The molecule has 0 spiro atoms. The third-order valence-corrected chi connectivity index (χ3v) is 6.38. The average Bonchev–Trinajstić information content (AvgIpc) is 3.28. The number of carbonyl (C=O) groups excluding carboxylic acids is 1. The van der Waals surface area contributed by atoms with E-state index in [9.17, 15) is 9.59 Å². The Bertz CT molecular complexity index is 584. The van der Waals surface area contributed by atoms with Crippen LogP contribution in [0, 0.1) is 11.8 Å². The lowest BCUT2D eigenvalue weighted by Crippen LogP contribution is -2.45. The minimum absolute atomic E-state index is 0.143. The van der Waals surface area contributed by atoms with Crippen molar-refractivity contribution in [3.63, 3.8) is 0 Å². The second-order valence-corrected chi connectivity index (χ2v) is 8.18. The van der Waals surface area contributed by atoms with Crippen molar-refractivity contribution >= 4 is 23.3 Å². The topological polar surface area (TPSA) is 72.9 Å². The van der Waals surface area contributed by atoms with Crippen LogP contribution in [-0.2, 0) is 4.79 Å². The van der Waals surface area contributed by atoms with Crippen molar-refractivity contribution in [3.05, 3.63) is 22.4 Å². The van der Waals surface area contributed by atoms with Crippen LogP contribution in [0.2, 0.25) is 0 Å². The number of piperidine rings is 1. The van der Waals surface area contributed by atoms with Gasteiger partial charge in [-0.3, -0.25) is 9.69 Å². The first-order valence-electron chi connectivity index (χ1n) is 9.07. The highest BCUT2D eigenvalue weighted by Gasteiger charge is 2.32. The monoisotopic (exact) mass is 365 g/mol. The number of likely N-dealkylation sites (tertiary alicyclic amines) is 2. The minimum atomic E-state index is -0.811. The maximum Gasteiger partial charge on any atom is 0.317 e. The minimum Gasteiger partial charge on any atom is -0.481 e. The molecular formula is C18H27N3O3S. The summed E-state index contributed by atoms with van der Waals surface area (Å²) in [5.41, 5.74) is 0. The molecule has 2 aliphatic rings. The third kappa shape index (κ3) is 4.52. The van der Waals surface area contributed by atoms with E-state index in [0.29, 0.717) is 26.1 Å². The molecular weight excluding hydrogens is 338 g/mol. The first-order chi connectivity index (χ1) is 12.0. The van der Waals surface area contributed by atoms with Crippen molar-refractivity contribution in [2.45, 2.75) is 32.2 Å². The standard InChI is InChI=1S/C18H27N3O3S/c1-13-4-7-20(8-5-13)15(16-3-2-10-25-16)11-19-18(24)21-9-6-14(12-21)17(22)23/h2-3,10,13-15H,4-9,11-12H2,1H3,(H,19,24)(H,22,23). The molecule has 3 rings (SSSR count). The van der Waals surface area contributed by atoms with Crippen molar-refractivity contribution < 1.29 is 14.7 Å². The van der Waals surface area contributed by atoms with Gasteiger partial charge in [0, 0.05) is 24.5 Å². The highest BCUT2D eigenvalue weighted by Crippen LogP contribution is 2.29. The first-order valence-corrected chi connectivity index (χ1v) is 9.95. The van der Waals surface area contributed by atoms with Crippen LogP contribution in [0.25, 0.3) is 0 Å². The maximum atomic E-state index is 12.4. The van der Waals surface area contributed by atoms with Gasteiger partial charge in [0.05, 0.1) is 12.0 Å². The average molecular weight is 365 g/mol. The van der Waals surface area contributed by atoms with Gasteiger partial charge in [-0.25, -0.2) is 4.79 Å². The summed E-state index contributed by atoms with van der Waals surface area (Å²) in [5, 5.41) is 14.2. The molecule has 7 heteroatoms. The zero-order valence-corrected chi connectivity index (χ0v) is 15.5. The number of hydrogen-bond donors (Lipinski definition) is 2. The lowest BCUT2D eigenvalue weighted by molar-refractivity contribution is -0.141. The summed E-state index contributed by atoms with van der Waals surface area (Å²) in [4.78, 5) is 28.9. The van der Waals surface area contributed by atoms with E-state index in [2.05, 4.69) is 34.7 Å². The highest BCUT2D eigenvalue weighted by atomic mass is 32.1. The van der Waals surface area contributed by atoms with Crippen molar-refractivity contribution in [2.24, 2.45) is 11.8 Å². The SMILES string of the molecule is CC1CCN(C(CNC(=O)N2CCC(C(=O)O)C2)c2cccs2)CC1. The van der Waals surface area contributed by atoms with Crippen LogP contribution in [0.4, 0.5) is 4.79 Å². The number of carbonyl (C=O) groups is 2. The molecule has 3 heterocycles. The fourth-order valence-electron chi connectivity index (χ4n) is 3.67. The fourth-order valence-corrected chi connectivity index (χ4v) is 4.53. The zero-order valence-electron chi connectivity index (χ0n) is 14.7. The Balaban J connectivity index is 1.57. The number of aliphatic carboxylic acids is 1. The van der Waals surface area contributed by atoms with Crippen LogP contribution >= 0.6 is 11.3 Å². The van der Waals surface area contributed by atoms with Crippen molar-refractivity contribution in [1.29, 1.82) is 0 Å². The summed E-state index contributed by atoms with van der Waals surface area (Å²) >= 11 is 1.73. The van der Waals surface area contributed by atoms with E-state index in [0.717, 1.165) is 19.0 Å². The molecule has 2 amide bonds. The summed E-state index contributed by atoms with van der Waals surface area (Å²) in [7, 11) is 0. The molecule has 0 aromatic carbocycles. The molecule has 1 aromatic heterocycles. The second kappa shape index (κ2) is 8.19. The van der Waals surface area contributed by atoms with Gasteiger partial charge in [0.25, 0.3) is 0 Å². The Morgan fingerprint density at radius 3 is 2.68 bits per heavy atom. The normalized spacial score (nSPS) is 23.6. The summed E-state index contributed by atoms with van der Waals surface area (Å²) in [6.45, 7) is 5.82. The van der Waals surface area contributed by atoms with Gasteiger partial charge < -0.3 is 15.3 Å². The molecule has 2 fully saturated rings. The molecule has 25 heavy (non-hydrogen) atoms. The number of carboxylic acid groups (broad SMARTS) is 1. The molecule has 0 aliphatic carbocycles. The molecule has 0 saturated carbocycles. The molecule has 2 aliphatic heterocycles. The lowest BCUT2D eigenvalue weighted by Gasteiger charge is -2.36. The quantitative estimate of drug-likeness (QED) is 0.841. The Hall–Kier alpha value is -1.60. The van der Waals surface area contributed by atoms with Gasteiger partial charge in [0.1, 0.15) is 0 Å². The van der Waals surface area contributed by atoms with Gasteiger partial charge in [-0.05, 0) is 49.7 Å². The number of thiophene rings is 1. The van der Waals surface area contributed by atoms with Gasteiger partial charge in [-0.15, -0.1) is 11.3 Å². The molecule has 2 saturated heterocycles. The Kier molecular flexibility index (Phi) is 5.96. The predicted octanol–water partition coefficient (Wildman–Crippen LogP) is 2.64. The van der Waals surface area contributed by atoms with E-state index in [1.165, 1.54) is 17.7 Å². The van der Waals surface area contributed by atoms with Gasteiger partial charge in [-0.1, -0.05) is 13.0 Å². The lowest BCUT2D eigenvalue weighted by atomic mass is 9.97. The molecule has 2 N–H and O–H groups in total. The molecule has 2 unspecified atom stereocenters. The summed E-state index contributed by atoms with van der Waals surface area (Å²) < 4.78 is 0. The van der Waals surface area contributed by atoms with Gasteiger partial charge in [0.15, 0.2) is 0 Å². The van der Waals surface area contributed by atoms with Gasteiger partial charge in [-0.2, -0.15) is 0 Å². The third-order valence-electron chi connectivity index (χ3n) is 5.40. The number of urea groups is 1. The van der Waals surface area contributed by atoms with Crippen LogP contribution < -0.4 is 5.32 Å². The molecule has 0 bridgehead atoms. The van der Waals surface area contributed by atoms with Crippen molar-refractivity contribution in [3.8, 4) is 0 Å². The maximum absolute atomic E-state index is 12.4. The van der Waals surface area contributed by atoms with Gasteiger partial charge >= 0.3 is 12.0 Å². The van der Waals surface area contributed by atoms with Crippen molar-refractivity contribution in [2.75, 3.05) is 32.7 Å². The van der Waals surface area contributed by atoms with E-state index < -0.39 is 11.9 Å². The summed E-state index contributed by atoms with van der Waals surface area (Å²) in [6, 6.07) is 4.25. The smallest absolute Gasteiger partial charge is 0.317 e. The molecule has 6 nitrogen and oxygen atoms in total. The number of amides is 2. The number of carboxylic acids is 1. The zero-order chi connectivity index (χ0) is 17.8. The second-order valence-electron chi connectivity index (χ2n) is 7.21. The molecule has 0 radical (unpaired) electrons. The van der Waals surface area contributed by atoms with E-state index in [1.54, 1.807) is 16.2 Å². The number of nitrogens with zero attached hydrogens (tertiary/aromatic N) is 2. The van der Waals surface area contributed by atoms with E-state index in [1.807, 2.05) is 0 Å². The van der Waals surface area contributed by atoms with Crippen LogP contribution in [0.1, 0.15) is 37.1 Å². The van der Waals surface area contributed by atoms with Crippen LogP contribution in [0.15, 0.2) is 17.5 Å². The largest absolute Gasteiger partial charge is 0.481 e. The van der Waals surface area contributed by atoms with E-state index in [4.69, 9.17) is 5.11 Å². The predicted molar refractivity (Wildman–Crippen MR) is 97.7 cm³/mol. The Labute approximate surface area is 152 Å². The van der Waals surface area contributed by atoms with Gasteiger partial charge in [0.2, 0.25) is 0 Å². The molecule has 2 atom stereocenters. The number of hydrogen-bond acceptors (Lipinski definition) is 4. The summed E-state index contributed by atoms with van der Waals surface area (Å²) in [6.07, 6.45) is 2.94. The van der Waals surface area contributed by atoms with E-state index in [-0.39, 0.29) is 12.1 Å². The first kappa shape index (κ1) is 18.2. The van der Waals surface area contributed by atoms with Crippen LogP contribution in [0.3, 0.4) is 0 Å². The van der Waals surface area contributed by atoms with Crippen molar-refractivity contribution in [1.82, 2.24) is 15.1 Å². The number of nitrogens with one attached hydrogen (secondary N) is 1. The van der Waals surface area contributed by atoms with E-state index >= 15 is 0 Å². The summed E-state index contributed by atoms with van der Waals surface area (Å²) in [5.74, 6) is -0.469. The molecule has 1 aromatic rings. The van der Waals surface area contributed by atoms with Crippen LogP contribution in [-0.4, -0.2) is 59.6 Å².